The van der Waals surface area contributed by atoms with Crippen molar-refractivity contribution in [3.8, 4) is 0 Å². The fraction of sp³-hybridized carbons (Fsp3) is 0.692. The van der Waals surface area contributed by atoms with Crippen LogP contribution in [-0.4, -0.2) is 22.2 Å². The molecule has 0 spiro atoms. The number of aryl methyl sites for hydroxylation is 1. The maximum Gasteiger partial charge on any atom is 0.134 e. The fourth-order valence-corrected chi connectivity index (χ4v) is 3.03. The molecule has 0 saturated carbocycles. The number of hydrogen-bond acceptors (Lipinski definition) is 4. The van der Waals surface area contributed by atoms with E-state index >= 15 is 0 Å². The van der Waals surface area contributed by atoms with Crippen LogP contribution < -0.4 is 5.73 Å². The standard InChI is InChI=1S/C13H19N3O/c1-7(14)11-6-15-13(16-8(11)2)10-5-9-3-4-12(10)17-9/h6-7,9-10,12H,3-5,14H2,1-2H3/t7-,9?,10?,12?/m1/s1. The molecule has 2 bridgehead atoms. The second kappa shape index (κ2) is 4.03. The third-order valence-corrected chi connectivity index (χ3v) is 3.96. The molecule has 0 aliphatic carbocycles. The summed E-state index contributed by atoms with van der Waals surface area (Å²) in [4.78, 5) is 9.11. The molecule has 0 aromatic carbocycles. The molecule has 4 heteroatoms. The molecule has 2 N–H and O–H groups in total. The summed E-state index contributed by atoms with van der Waals surface area (Å²) in [5.41, 5.74) is 7.92. The number of hydrogen-bond donors (Lipinski definition) is 1. The zero-order valence-corrected chi connectivity index (χ0v) is 10.4. The zero-order chi connectivity index (χ0) is 12.0. The number of nitrogens with zero attached hydrogens (tertiary/aromatic N) is 2. The number of aromatic nitrogens is 2. The van der Waals surface area contributed by atoms with Crippen LogP contribution in [0, 0.1) is 6.92 Å². The van der Waals surface area contributed by atoms with Gasteiger partial charge in [-0.1, -0.05) is 0 Å². The van der Waals surface area contributed by atoms with Crippen molar-refractivity contribution in [2.75, 3.05) is 0 Å². The van der Waals surface area contributed by atoms with E-state index < -0.39 is 0 Å². The molecular weight excluding hydrogens is 214 g/mol. The van der Waals surface area contributed by atoms with E-state index in [-0.39, 0.29) is 6.04 Å². The summed E-state index contributed by atoms with van der Waals surface area (Å²) in [6.45, 7) is 3.98. The predicted molar refractivity (Wildman–Crippen MR) is 64.6 cm³/mol. The fourth-order valence-electron chi connectivity index (χ4n) is 3.03. The van der Waals surface area contributed by atoms with Crippen molar-refractivity contribution < 1.29 is 4.74 Å². The average molecular weight is 233 g/mol. The Morgan fingerprint density at radius 2 is 2.29 bits per heavy atom. The van der Waals surface area contributed by atoms with Crippen molar-refractivity contribution in [3.63, 3.8) is 0 Å². The lowest BCUT2D eigenvalue weighted by Crippen LogP contribution is -2.19. The normalized spacial score (nSPS) is 33.0. The summed E-state index contributed by atoms with van der Waals surface area (Å²) in [6.07, 6.45) is 6.13. The zero-order valence-electron chi connectivity index (χ0n) is 10.4. The second-order valence-electron chi connectivity index (χ2n) is 5.27. The van der Waals surface area contributed by atoms with E-state index in [4.69, 9.17) is 10.5 Å². The molecule has 4 atom stereocenters. The smallest absolute Gasteiger partial charge is 0.134 e. The van der Waals surface area contributed by atoms with Crippen LogP contribution in [0.5, 0.6) is 0 Å². The van der Waals surface area contributed by atoms with Crippen LogP contribution in [0.4, 0.5) is 0 Å². The van der Waals surface area contributed by atoms with Crippen molar-refractivity contribution in [2.24, 2.45) is 5.73 Å². The molecule has 2 aliphatic heterocycles. The van der Waals surface area contributed by atoms with Crippen LogP contribution >= 0.6 is 0 Å². The van der Waals surface area contributed by atoms with Gasteiger partial charge in [0.05, 0.1) is 12.2 Å². The first kappa shape index (κ1) is 11.1. The summed E-state index contributed by atoms with van der Waals surface area (Å²) in [6, 6.07) is 0.000305. The molecule has 3 heterocycles. The van der Waals surface area contributed by atoms with Gasteiger partial charge < -0.3 is 10.5 Å². The highest BCUT2D eigenvalue weighted by Gasteiger charge is 2.42. The molecule has 0 amide bonds. The summed E-state index contributed by atoms with van der Waals surface area (Å²) >= 11 is 0. The van der Waals surface area contributed by atoms with E-state index in [2.05, 4.69) is 9.97 Å². The highest BCUT2D eigenvalue weighted by molar-refractivity contribution is 5.21. The van der Waals surface area contributed by atoms with Crippen LogP contribution in [0.15, 0.2) is 6.20 Å². The Kier molecular flexibility index (Phi) is 2.64. The van der Waals surface area contributed by atoms with Gasteiger partial charge in [-0.15, -0.1) is 0 Å². The lowest BCUT2D eigenvalue weighted by Gasteiger charge is -2.18. The van der Waals surface area contributed by atoms with Gasteiger partial charge in [-0.05, 0) is 33.1 Å². The molecule has 2 saturated heterocycles. The van der Waals surface area contributed by atoms with Gasteiger partial charge in [0.2, 0.25) is 0 Å². The molecule has 3 unspecified atom stereocenters. The first-order valence-electron chi connectivity index (χ1n) is 6.39. The summed E-state index contributed by atoms with van der Waals surface area (Å²) in [5, 5.41) is 0. The molecule has 2 aliphatic rings. The largest absolute Gasteiger partial charge is 0.374 e. The highest BCUT2D eigenvalue weighted by Crippen LogP contribution is 2.43. The summed E-state index contributed by atoms with van der Waals surface area (Å²) in [7, 11) is 0. The third-order valence-electron chi connectivity index (χ3n) is 3.96. The van der Waals surface area contributed by atoms with E-state index in [1.165, 1.54) is 6.42 Å². The monoisotopic (exact) mass is 233 g/mol. The van der Waals surface area contributed by atoms with Gasteiger partial charge in [0.15, 0.2) is 0 Å². The number of nitrogens with two attached hydrogens (primary N) is 1. The quantitative estimate of drug-likeness (QED) is 0.846. The SMILES string of the molecule is Cc1nc(C2CC3CCC2O3)ncc1[C@@H](C)N. The Hall–Kier alpha value is -1.00. The molecule has 1 aromatic rings. The highest BCUT2D eigenvalue weighted by atomic mass is 16.5. The average Bonchev–Trinajstić information content (AvgIpc) is 2.89. The van der Waals surface area contributed by atoms with Crippen LogP contribution in [0.25, 0.3) is 0 Å². The van der Waals surface area contributed by atoms with Crippen molar-refractivity contribution in [1.82, 2.24) is 9.97 Å². The Morgan fingerprint density at radius 1 is 1.47 bits per heavy atom. The topological polar surface area (TPSA) is 61.0 Å². The van der Waals surface area contributed by atoms with Gasteiger partial charge in [0.1, 0.15) is 5.82 Å². The third kappa shape index (κ3) is 1.85. The number of ether oxygens (including phenoxy) is 1. The Morgan fingerprint density at radius 3 is 2.82 bits per heavy atom. The van der Waals surface area contributed by atoms with Gasteiger partial charge in [-0.2, -0.15) is 0 Å². The van der Waals surface area contributed by atoms with Gasteiger partial charge in [-0.3, -0.25) is 0 Å². The van der Waals surface area contributed by atoms with Crippen LogP contribution in [0.1, 0.15) is 55.2 Å². The maximum absolute atomic E-state index is 5.87. The van der Waals surface area contributed by atoms with Gasteiger partial charge >= 0.3 is 0 Å². The lowest BCUT2D eigenvalue weighted by molar-refractivity contribution is 0.0998. The molecule has 1 aromatic heterocycles. The molecule has 92 valence electrons. The van der Waals surface area contributed by atoms with Crippen molar-refractivity contribution in [2.45, 2.75) is 57.3 Å². The van der Waals surface area contributed by atoms with Gasteiger partial charge in [0, 0.05) is 29.4 Å². The van der Waals surface area contributed by atoms with E-state index in [0.29, 0.717) is 18.1 Å². The minimum Gasteiger partial charge on any atom is -0.374 e. The lowest BCUT2D eigenvalue weighted by atomic mass is 9.88. The predicted octanol–water partition coefficient (Wildman–Crippen LogP) is 1.84. The Labute approximate surface area is 102 Å². The molecule has 2 fully saturated rings. The van der Waals surface area contributed by atoms with Crippen LogP contribution in [0.2, 0.25) is 0 Å². The van der Waals surface area contributed by atoms with Crippen molar-refractivity contribution in [1.29, 1.82) is 0 Å². The van der Waals surface area contributed by atoms with Gasteiger partial charge in [-0.25, -0.2) is 9.97 Å². The van der Waals surface area contributed by atoms with E-state index in [9.17, 15) is 0 Å². The number of fused-ring (bicyclic) bond motifs is 2. The van der Waals surface area contributed by atoms with E-state index in [0.717, 1.165) is 29.9 Å². The Bertz CT molecular complexity index is 433. The molecule has 17 heavy (non-hydrogen) atoms. The molecule has 0 radical (unpaired) electrons. The first-order valence-corrected chi connectivity index (χ1v) is 6.39. The van der Waals surface area contributed by atoms with Gasteiger partial charge in [0.25, 0.3) is 0 Å². The number of rotatable bonds is 2. The van der Waals surface area contributed by atoms with E-state index in [1.807, 2.05) is 20.0 Å². The Balaban J connectivity index is 1.87. The minimum atomic E-state index is 0.000305. The van der Waals surface area contributed by atoms with E-state index in [1.54, 1.807) is 0 Å². The van der Waals surface area contributed by atoms with Crippen molar-refractivity contribution in [3.05, 3.63) is 23.3 Å². The van der Waals surface area contributed by atoms with Crippen molar-refractivity contribution >= 4 is 0 Å². The summed E-state index contributed by atoms with van der Waals surface area (Å²) < 4.78 is 5.85. The van der Waals surface area contributed by atoms with Crippen LogP contribution in [0.3, 0.4) is 0 Å². The summed E-state index contributed by atoms with van der Waals surface area (Å²) in [5.74, 6) is 1.34. The minimum absolute atomic E-state index is 0.000305. The van der Waals surface area contributed by atoms with Crippen LogP contribution in [-0.2, 0) is 4.74 Å². The first-order chi connectivity index (χ1) is 8.15. The maximum atomic E-state index is 5.87. The molecule has 3 rings (SSSR count). The molecular formula is C13H19N3O. The molecule has 4 nitrogen and oxygen atoms in total. The second-order valence-corrected chi connectivity index (χ2v) is 5.27.